The second-order valence-corrected chi connectivity index (χ2v) is 7.55. The van der Waals surface area contributed by atoms with Gasteiger partial charge < -0.3 is 9.88 Å². The first kappa shape index (κ1) is 14.9. The molecule has 2 aromatic heterocycles. The second-order valence-electron chi connectivity index (χ2n) is 6.49. The zero-order chi connectivity index (χ0) is 15.8. The standard InChI is InChI=1S/C17H22N4OS/c1-12-19-16(11-23-12)13-8-15(18-9-13)17(22)21-7-6-20-5-3-2-4-14(20)10-21/h8-9,11,14,18H,2-7,10H2,1H3. The van der Waals surface area contributed by atoms with Crippen LogP contribution in [0.4, 0.5) is 0 Å². The van der Waals surface area contributed by atoms with Crippen molar-refractivity contribution >= 4 is 17.2 Å². The molecule has 0 radical (unpaired) electrons. The molecule has 0 aromatic carbocycles. The van der Waals surface area contributed by atoms with E-state index in [1.54, 1.807) is 11.3 Å². The summed E-state index contributed by atoms with van der Waals surface area (Å²) in [6.07, 6.45) is 5.70. The smallest absolute Gasteiger partial charge is 0.270 e. The van der Waals surface area contributed by atoms with E-state index >= 15 is 0 Å². The van der Waals surface area contributed by atoms with Crippen LogP contribution in [0, 0.1) is 6.92 Å². The minimum absolute atomic E-state index is 0.119. The van der Waals surface area contributed by atoms with E-state index in [1.807, 2.05) is 29.5 Å². The summed E-state index contributed by atoms with van der Waals surface area (Å²) in [5, 5.41) is 3.08. The molecular weight excluding hydrogens is 308 g/mol. The van der Waals surface area contributed by atoms with E-state index in [0.29, 0.717) is 11.7 Å². The van der Waals surface area contributed by atoms with Gasteiger partial charge in [-0.1, -0.05) is 6.42 Å². The first-order valence-electron chi connectivity index (χ1n) is 8.35. The molecule has 2 fully saturated rings. The van der Waals surface area contributed by atoms with Crippen LogP contribution in [-0.2, 0) is 0 Å². The highest BCUT2D eigenvalue weighted by Crippen LogP contribution is 2.25. The lowest BCUT2D eigenvalue weighted by molar-refractivity contribution is 0.0369. The molecule has 1 atom stereocenters. The van der Waals surface area contributed by atoms with E-state index < -0.39 is 0 Å². The van der Waals surface area contributed by atoms with E-state index in [-0.39, 0.29) is 5.91 Å². The Morgan fingerprint density at radius 2 is 2.26 bits per heavy atom. The van der Waals surface area contributed by atoms with Crippen LogP contribution in [0.3, 0.4) is 0 Å². The lowest BCUT2D eigenvalue weighted by Crippen LogP contribution is -2.56. The Hall–Kier alpha value is -1.66. The number of H-pyrrole nitrogens is 1. The lowest BCUT2D eigenvalue weighted by atomic mass is 9.99. The van der Waals surface area contributed by atoms with Crippen molar-refractivity contribution in [1.29, 1.82) is 0 Å². The fourth-order valence-corrected chi connectivity index (χ4v) is 4.29. The van der Waals surface area contributed by atoms with Gasteiger partial charge in [-0.25, -0.2) is 4.98 Å². The molecule has 5 nitrogen and oxygen atoms in total. The van der Waals surface area contributed by atoms with Crippen molar-refractivity contribution in [2.75, 3.05) is 26.2 Å². The second kappa shape index (κ2) is 6.09. The topological polar surface area (TPSA) is 52.2 Å². The molecular formula is C17H22N4OS. The van der Waals surface area contributed by atoms with E-state index in [1.165, 1.54) is 25.8 Å². The van der Waals surface area contributed by atoms with Crippen LogP contribution in [0.5, 0.6) is 0 Å². The normalized spacial score (nSPS) is 22.1. The van der Waals surface area contributed by atoms with Crippen molar-refractivity contribution < 1.29 is 4.79 Å². The molecule has 1 amide bonds. The molecule has 6 heteroatoms. The molecule has 122 valence electrons. The quantitative estimate of drug-likeness (QED) is 0.921. The van der Waals surface area contributed by atoms with E-state index in [2.05, 4.69) is 14.9 Å². The molecule has 2 aromatic rings. The Bertz CT molecular complexity index is 707. The van der Waals surface area contributed by atoms with Gasteiger partial charge in [0.1, 0.15) is 5.69 Å². The number of carbonyl (C=O) groups is 1. The van der Waals surface area contributed by atoms with Gasteiger partial charge in [-0.3, -0.25) is 9.69 Å². The summed E-state index contributed by atoms with van der Waals surface area (Å²) in [6.45, 7) is 5.90. The highest BCUT2D eigenvalue weighted by Gasteiger charge is 2.31. The molecule has 4 rings (SSSR count). The predicted molar refractivity (Wildman–Crippen MR) is 91.8 cm³/mol. The fraction of sp³-hybridized carbons (Fsp3) is 0.529. The highest BCUT2D eigenvalue weighted by molar-refractivity contribution is 7.09. The fourth-order valence-electron chi connectivity index (χ4n) is 3.67. The molecule has 1 N–H and O–H groups in total. The number of piperidine rings is 1. The van der Waals surface area contributed by atoms with Crippen LogP contribution in [0.1, 0.15) is 34.8 Å². The van der Waals surface area contributed by atoms with Gasteiger partial charge in [0.15, 0.2) is 0 Å². The van der Waals surface area contributed by atoms with Gasteiger partial charge >= 0.3 is 0 Å². The number of aryl methyl sites for hydroxylation is 1. The summed E-state index contributed by atoms with van der Waals surface area (Å²) in [5.74, 6) is 0.119. The number of nitrogens with zero attached hydrogens (tertiary/aromatic N) is 3. The van der Waals surface area contributed by atoms with Gasteiger partial charge in [0.2, 0.25) is 0 Å². The number of aromatic amines is 1. The van der Waals surface area contributed by atoms with Crippen LogP contribution in [0.25, 0.3) is 11.3 Å². The van der Waals surface area contributed by atoms with Crippen molar-refractivity contribution in [2.24, 2.45) is 0 Å². The summed E-state index contributed by atoms with van der Waals surface area (Å²) in [5.41, 5.74) is 2.61. The van der Waals surface area contributed by atoms with Crippen LogP contribution in [-0.4, -0.2) is 57.9 Å². The first-order chi connectivity index (χ1) is 11.2. The van der Waals surface area contributed by atoms with Crippen LogP contribution < -0.4 is 0 Å². The van der Waals surface area contributed by atoms with Gasteiger partial charge in [0, 0.05) is 42.8 Å². The number of amides is 1. The average molecular weight is 330 g/mol. The molecule has 0 saturated carbocycles. The third-order valence-electron chi connectivity index (χ3n) is 4.95. The van der Waals surface area contributed by atoms with E-state index in [4.69, 9.17) is 0 Å². The van der Waals surface area contributed by atoms with Gasteiger partial charge in [-0.2, -0.15) is 0 Å². The molecule has 23 heavy (non-hydrogen) atoms. The number of aromatic nitrogens is 2. The summed E-state index contributed by atoms with van der Waals surface area (Å²) >= 11 is 1.63. The minimum atomic E-state index is 0.119. The summed E-state index contributed by atoms with van der Waals surface area (Å²) in [6, 6.07) is 2.49. The summed E-state index contributed by atoms with van der Waals surface area (Å²) < 4.78 is 0. The SMILES string of the molecule is Cc1nc(-c2c[nH]c(C(=O)N3CCN4CCCCC4C3)c2)cs1. The molecule has 2 aliphatic rings. The minimum Gasteiger partial charge on any atom is -0.357 e. The maximum atomic E-state index is 12.8. The maximum Gasteiger partial charge on any atom is 0.270 e. The molecule has 2 saturated heterocycles. The Morgan fingerprint density at radius 3 is 3.09 bits per heavy atom. The predicted octanol–water partition coefficient (Wildman–Crippen LogP) is 2.76. The largest absolute Gasteiger partial charge is 0.357 e. The average Bonchev–Trinajstić information content (AvgIpc) is 3.22. The van der Waals surface area contributed by atoms with Crippen molar-refractivity contribution in [3.63, 3.8) is 0 Å². The Kier molecular flexibility index (Phi) is 3.95. The Labute approximate surface area is 140 Å². The van der Waals surface area contributed by atoms with Crippen molar-refractivity contribution in [3.8, 4) is 11.3 Å². The highest BCUT2D eigenvalue weighted by atomic mass is 32.1. The van der Waals surface area contributed by atoms with Crippen molar-refractivity contribution in [2.45, 2.75) is 32.2 Å². The summed E-state index contributed by atoms with van der Waals surface area (Å²) in [4.78, 5) is 25.0. The molecule has 0 bridgehead atoms. The zero-order valence-electron chi connectivity index (χ0n) is 13.4. The summed E-state index contributed by atoms with van der Waals surface area (Å²) in [7, 11) is 0. The zero-order valence-corrected chi connectivity index (χ0v) is 14.2. The number of hydrogen-bond acceptors (Lipinski definition) is 4. The first-order valence-corrected chi connectivity index (χ1v) is 9.23. The molecule has 2 aliphatic heterocycles. The molecule has 1 unspecified atom stereocenters. The van der Waals surface area contributed by atoms with Gasteiger partial charge in [-0.05, 0) is 32.4 Å². The number of nitrogens with one attached hydrogen (secondary N) is 1. The van der Waals surface area contributed by atoms with Crippen molar-refractivity contribution in [1.82, 2.24) is 19.8 Å². The molecule has 4 heterocycles. The Balaban J connectivity index is 1.48. The van der Waals surface area contributed by atoms with Crippen LogP contribution in [0.2, 0.25) is 0 Å². The van der Waals surface area contributed by atoms with E-state index in [0.717, 1.165) is 35.9 Å². The maximum absolute atomic E-state index is 12.8. The van der Waals surface area contributed by atoms with Crippen LogP contribution in [0.15, 0.2) is 17.6 Å². The van der Waals surface area contributed by atoms with Gasteiger partial charge in [-0.15, -0.1) is 11.3 Å². The number of carbonyl (C=O) groups excluding carboxylic acids is 1. The lowest BCUT2D eigenvalue weighted by Gasteiger charge is -2.43. The van der Waals surface area contributed by atoms with Crippen molar-refractivity contribution in [3.05, 3.63) is 28.3 Å². The third kappa shape index (κ3) is 2.93. The number of thiazole rings is 1. The van der Waals surface area contributed by atoms with Crippen LogP contribution >= 0.6 is 11.3 Å². The Morgan fingerprint density at radius 1 is 1.35 bits per heavy atom. The van der Waals surface area contributed by atoms with E-state index in [9.17, 15) is 4.79 Å². The number of rotatable bonds is 2. The number of piperazine rings is 1. The van der Waals surface area contributed by atoms with Gasteiger partial charge in [0.25, 0.3) is 5.91 Å². The third-order valence-corrected chi connectivity index (χ3v) is 5.73. The molecule has 0 aliphatic carbocycles. The van der Waals surface area contributed by atoms with Gasteiger partial charge in [0.05, 0.1) is 10.7 Å². The number of hydrogen-bond donors (Lipinski definition) is 1. The molecule has 0 spiro atoms. The number of fused-ring (bicyclic) bond motifs is 1. The monoisotopic (exact) mass is 330 g/mol.